The minimum atomic E-state index is 0.344. The van der Waals surface area contributed by atoms with Gasteiger partial charge in [-0.1, -0.05) is 23.8 Å². The van der Waals surface area contributed by atoms with Crippen molar-refractivity contribution < 1.29 is 0 Å². The standard InChI is InChI=1S/C16H23N5/c1-11-5-6-12(2)14(8-11)10-21-7-3-4-13(9-21)15-18-16(17)20-19-15/h5-6,8,13H,3-4,7,9-10H2,1-2H3,(H3,17,18,19,20). The fourth-order valence-electron chi connectivity index (χ4n) is 3.10. The Balaban J connectivity index is 1.70. The first-order chi connectivity index (χ1) is 10.1. The number of aryl methyl sites for hydroxylation is 2. The Morgan fingerprint density at radius 1 is 1.38 bits per heavy atom. The molecule has 0 saturated carbocycles. The zero-order valence-electron chi connectivity index (χ0n) is 12.8. The first-order valence-corrected chi connectivity index (χ1v) is 7.58. The highest BCUT2D eigenvalue weighted by atomic mass is 15.3. The third-order valence-electron chi connectivity index (χ3n) is 4.31. The van der Waals surface area contributed by atoms with Crippen LogP contribution in [0.4, 0.5) is 5.95 Å². The Morgan fingerprint density at radius 2 is 2.24 bits per heavy atom. The molecule has 1 aromatic carbocycles. The van der Waals surface area contributed by atoms with Gasteiger partial charge in [0.25, 0.3) is 0 Å². The molecule has 3 rings (SSSR count). The summed E-state index contributed by atoms with van der Waals surface area (Å²) in [7, 11) is 0. The maximum absolute atomic E-state index is 5.61. The van der Waals surface area contributed by atoms with Gasteiger partial charge in [-0.2, -0.15) is 4.98 Å². The summed E-state index contributed by atoms with van der Waals surface area (Å²) in [4.78, 5) is 6.80. The summed E-state index contributed by atoms with van der Waals surface area (Å²) in [6.07, 6.45) is 2.34. The zero-order valence-corrected chi connectivity index (χ0v) is 12.8. The molecular formula is C16H23N5. The first kappa shape index (κ1) is 14.1. The van der Waals surface area contributed by atoms with Crippen molar-refractivity contribution in [3.8, 4) is 0 Å². The topological polar surface area (TPSA) is 70.8 Å². The van der Waals surface area contributed by atoms with E-state index in [0.717, 1.165) is 31.9 Å². The SMILES string of the molecule is Cc1ccc(C)c(CN2CCCC(c3nc(N)n[nH]3)C2)c1. The maximum atomic E-state index is 5.61. The van der Waals surface area contributed by atoms with Gasteiger partial charge >= 0.3 is 0 Å². The minimum absolute atomic E-state index is 0.344. The van der Waals surface area contributed by atoms with Crippen molar-refractivity contribution in [2.75, 3.05) is 18.8 Å². The van der Waals surface area contributed by atoms with Gasteiger partial charge < -0.3 is 5.73 Å². The number of benzene rings is 1. The third-order valence-corrected chi connectivity index (χ3v) is 4.31. The van der Waals surface area contributed by atoms with Crippen LogP contribution >= 0.6 is 0 Å². The second kappa shape index (κ2) is 5.85. The normalized spacial score (nSPS) is 19.8. The number of H-pyrrole nitrogens is 1. The second-order valence-corrected chi connectivity index (χ2v) is 6.08. The summed E-state index contributed by atoms with van der Waals surface area (Å²) in [5.41, 5.74) is 9.73. The average Bonchev–Trinajstić information content (AvgIpc) is 2.90. The van der Waals surface area contributed by atoms with E-state index >= 15 is 0 Å². The van der Waals surface area contributed by atoms with Gasteiger partial charge in [0, 0.05) is 19.0 Å². The first-order valence-electron chi connectivity index (χ1n) is 7.58. The van der Waals surface area contributed by atoms with Crippen molar-refractivity contribution in [3.05, 3.63) is 40.7 Å². The van der Waals surface area contributed by atoms with Crippen molar-refractivity contribution in [1.82, 2.24) is 20.1 Å². The summed E-state index contributed by atoms with van der Waals surface area (Å²) in [5, 5.41) is 6.92. The molecule has 0 aliphatic carbocycles. The predicted molar refractivity (Wildman–Crippen MR) is 84.0 cm³/mol. The molecule has 21 heavy (non-hydrogen) atoms. The lowest BCUT2D eigenvalue weighted by Crippen LogP contribution is -2.34. The van der Waals surface area contributed by atoms with E-state index in [2.05, 4.69) is 52.1 Å². The van der Waals surface area contributed by atoms with Gasteiger partial charge in [-0.3, -0.25) is 10.00 Å². The van der Waals surface area contributed by atoms with Gasteiger partial charge in [0.2, 0.25) is 5.95 Å². The molecule has 0 spiro atoms. The summed E-state index contributed by atoms with van der Waals surface area (Å²) in [6.45, 7) is 7.51. The summed E-state index contributed by atoms with van der Waals surface area (Å²) in [5.74, 6) is 1.68. The molecule has 3 N–H and O–H groups in total. The van der Waals surface area contributed by atoms with Gasteiger partial charge in [0.15, 0.2) is 0 Å². The lowest BCUT2D eigenvalue weighted by atomic mass is 9.96. The van der Waals surface area contributed by atoms with E-state index in [0.29, 0.717) is 11.9 Å². The lowest BCUT2D eigenvalue weighted by Gasteiger charge is -2.32. The molecule has 1 aromatic heterocycles. The smallest absolute Gasteiger partial charge is 0.239 e. The number of likely N-dealkylation sites (tertiary alicyclic amines) is 1. The minimum Gasteiger partial charge on any atom is -0.367 e. The third kappa shape index (κ3) is 3.24. The Morgan fingerprint density at radius 3 is 3.00 bits per heavy atom. The Kier molecular flexibility index (Phi) is 3.92. The van der Waals surface area contributed by atoms with Crippen LogP contribution in [0.2, 0.25) is 0 Å². The maximum Gasteiger partial charge on any atom is 0.239 e. The van der Waals surface area contributed by atoms with E-state index in [9.17, 15) is 0 Å². The van der Waals surface area contributed by atoms with E-state index in [-0.39, 0.29) is 0 Å². The van der Waals surface area contributed by atoms with Crippen LogP contribution < -0.4 is 5.73 Å². The number of aromatic nitrogens is 3. The Hall–Kier alpha value is -1.88. The van der Waals surface area contributed by atoms with Crippen molar-refractivity contribution in [1.29, 1.82) is 0 Å². The summed E-state index contributed by atoms with van der Waals surface area (Å²) >= 11 is 0. The van der Waals surface area contributed by atoms with Crippen LogP contribution in [-0.4, -0.2) is 33.2 Å². The number of aromatic amines is 1. The molecule has 0 bridgehead atoms. The van der Waals surface area contributed by atoms with E-state index in [1.54, 1.807) is 0 Å². The van der Waals surface area contributed by atoms with Gasteiger partial charge in [0.1, 0.15) is 5.82 Å². The molecule has 1 fully saturated rings. The Bertz CT molecular complexity index is 619. The number of nitrogen functional groups attached to an aromatic ring is 1. The average molecular weight is 285 g/mol. The van der Waals surface area contributed by atoms with Gasteiger partial charge in [0.05, 0.1) is 0 Å². The van der Waals surface area contributed by atoms with Gasteiger partial charge in [-0.15, -0.1) is 5.10 Å². The molecule has 5 heteroatoms. The van der Waals surface area contributed by atoms with E-state index in [1.165, 1.54) is 23.1 Å². The molecule has 1 saturated heterocycles. The molecule has 2 aromatic rings. The molecule has 1 atom stereocenters. The monoisotopic (exact) mass is 285 g/mol. The highest BCUT2D eigenvalue weighted by Gasteiger charge is 2.24. The number of hydrogen-bond acceptors (Lipinski definition) is 4. The predicted octanol–water partition coefficient (Wildman–Crippen LogP) is 2.38. The fourth-order valence-corrected chi connectivity index (χ4v) is 3.10. The lowest BCUT2D eigenvalue weighted by molar-refractivity contribution is 0.196. The molecular weight excluding hydrogens is 262 g/mol. The molecule has 1 aliphatic heterocycles. The number of piperidine rings is 1. The zero-order chi connectivity index (χ0) is 14.8. The van der Waals surface area contributed by atoms with Crippen LogP contribution in [0, 0.1) is 13.8 Å². The van der Waals surface area contributed by atoms with Crippen molar-refractivity contribution in [2.24, 2.45) is 0 Å². The van der Waals surface area contributed by atoms with Crippen LogP contribution in [0.5, 0.6) is 0 Å². The molecule has 2 heterocycles. The number of rotatable bonds is 3. The molecule has 5 nitrogen and oxygen atoms in total. The molecule has 0 amide bonds. The summed E-state index contributed by atoms with van der Waals surface area (Å²) < 4.78 is 0. The fraction of sp³-hybridized carbons (Fsp3) is 0.500. The quantitative estimate of drug-likeness (QED) is 0.908. The number of nitrogens with two attached hydrogens (primary N) is 1. The van der Waals surface area contributed by atoms with Crippen LogP contribution in [0.15, 0.2) is 18.2 Å². The summed E-state index contributed by atoms with van der Waals surface area (Å²) in [6, 6.07) is 6.68. The van der Waals surface area contributed by atoms with Crippen molar-refractivity contribution >= 4 is 5.95 Å². The highest BCUT2D eigenvalue weighted by Crippen LogP contribution is 2.26. The van der Waals surface area contributed by atoms with Gasteiger partial charge in [-0.05, 0) is 44.4 Å². The highest BCUT2D eigenvalue weighted by molar-refractivity contribution is 5.30. The van der Waals surface area contributed by atoms with Gasteiger partial charge in [-0.25, -0.2) is 0 Å². The molecule has 0 radical (unpaired) electrons. The largest absolute Gasteiger partial charge is 0.367 e. The van der Waals surface area contributed by atoms with E-state index in [1.807, 2.05) is 0 Å². The number of anilines is 1. The van der Waals surface area contributed by atoms with Crippen molar-refractivity contribution in [2.45, 2.75) is 39.2 Å². The number of nitrogens with one attached hydrogen (secondary N) is 1. The number of hydrogen-bond donors (Lipinski definition) is 2. The van der Waals surface area contributed by atoms with Crippen LogP contribution in [-0.2, 0) is 6.54 Å². The van der Waals surface area contributed by atoms with Crippen LogP contribution in [0.3, 0.4) is 0 Å². The second-order valence-electron chi connectivity index (χ2n) is 6.08. The van der Waals surface area contributed by atoms with Crippen LogP contribution in [0.1, 0.15) is 41.3 Å². The van der Waals surface area contributed by atoms with E-state index < -0.39 is 0 Å². The number of nitrogens with zero attached hydrogens (tertiary/aromatic N) is 3. The molecule has 1 unspecified atom stereocenters. The van der Waals surface area contributed by atoms with Crippen LogP contribution in [0.25, 0.3) is 0 Å². The molecule has 112 valence electrons. The molecule has 1 aliphatic rings. The van der Waals surface area contributed by atoms with E-state index in [4.69, 9.17) is 5.73 Å². The van der Waals surface area contributed by atoms with Crippen molar-refractivity contribution in [3.63, 3.8) is 0 Å². The Labute approximate surface area is 125 Å².